The second-order valence-corrected chi connectivity index (χ2v) is 5.36. The summed E-state index contributed by atoms with van der Waals surface area (Å²) in [5.74, 6) is 0.306. The first kappa shape index (κ1) is 14.7. The maximum atomic E-state index is 12.0. The Kier molecular flexibility index (Phi) is 4.89. The van der Waals surface area contributed by atoms with Crippen LogP contribution in [-0.2, 0) is 4.74 Å². The van der Waals surface area contributed by atoms with E-state index >= 15 is 0 Å². The zero-order valence-electron chi connectivity index (χ0n) is 12.3. The van der Waals surface area contributed by atoms with E-state index in [1.54, 1.807) is 6.07 Å². The number of ether oxygens (including phenoxy) is 1. The van der Waals surface area contributed by atoms with Crippen LogP contribution in [0.3, 0.4) is 0 Å². The van der Waals surface area contributed by atoms with Crippen molar-refractivity contribution in [1.29, 1.82) is 0 Å². The summed E-state index contributed by atoms with van der Waals surface area (Å²) < 4.78 is 5.54. The van der Waals surface area contributed by atoms with Crippen molar-refractivity contribution < 1.29 is 9.53 Å². The van der Waals surface area contributed by atoms with E-state index < -0.39 is 0 Å². The molecule has 20 heavy (non-hydrogen) atoms. The summed E-state index contributed by atoms with van der Waals surface area (Å²) in [5, 5.41) is 5.98. The van der Waals surface area contributed by atoms with E-state index in [1.807, 2.05) is 20.8 Å². The highest BCUT2D eigenvalue weighted by Crippen LogP contribution is 2.13. The quantitative estimate of drug-likeness (QED) is 0.854. The molecule has 1 saturated heterocycles. The number of aryl methyl sites for hydroxylation is 1. The van der Waals surface area contributed by atoms with Crippen molar-refractivity contribution in [2.45, 2.75) is 45.8 Å². The van der Waals surface area contributed by atoms with Gasteiger partial charge >= 0.3 is 0 Å². The van der Waals surface area contributed by atoms with E-state index in [9.17, 15) is 4.79 Å². The molecular formula is C14H22N4O2. The molecule has 1 aliphatic rings. The molecule has 2 heterocycles. The topological polar surface area (TPSA) is 76.1 Å². The summed E-state index contributed by atoms with van der Waals surface area (Å²) in [6.07, 6.45) is 2.37. The molecule has 0 aromatic carbocycles. The van der Waals surface area contributed by atoms with Gasteiger partial charge in [0.05, 0.1) is 6.10 Å². The summed E-state index contributed by atoms with van der Waals surface area (Å²) >= 11 is 0. The van der Waals surface area contributed by atoms with Crippen molar-refractivity contribution in [3.05, 3.63) is 17.5 Å². The molecular weight excluding hydrogens is 256 g/mol. The Hall–Kier alpha value is -1.69. The van der Waals surface area contributed by atoms with E-state index in [0.29, 0.717) is 18.2 Å². The minimum atomic E-state index is -0.175. The third-order valence-corrected chi connectivity index (χ3v) is 3.02. The van der Waals surface area contributed by atoms with Crippen LogP contribution in [0.1, 0.15) is 42.9 Å². The van der Waals surface area contributed by atoms with Crippen LogP contribution in [0.15, 0.2) is 6.07 Å². The van der Waals surface area contributed by atoms with Gasteiger partial charge in [0.1, 0.15) is 5.69 Å². The van der Waals surface area contributed by atoms with Crippen LogP contribution >= 0.6 is 0 Å². The number of aromatic nitrogens is 2. The SMILES string of the molecule is Cc1cc(C(=O)NC(C)C)nc(NCC2CCCO2)n1. The fourth-order valence-electron chi connectivity index (χ4n) is 2.11. The third kappa shape index (κ3) is 4.16. The van der Waals surface area contributed by atoms with Gasteiger partial charge in [-0.1, -0.05) is 0 Å². The smallest absolute Gasteiger partial charge is 0.270 e. The molecule has 1 atom stereocenters. The second kappa shape index (κ2) is 6.65. The summed E-state index contributed by atoms with van der Waals surface area (Å²) in [6, 6.07) is 1.77. The van der Waals surface area contributed by atoms with Gasteiger partial charge in [0, 0.05) is 24.9 Å². The largest absolute Gasteiger partial charge is 0.376 e. The molecule has 0 radical (unpaired) electrons. The lowest BCUT2D eigenvalue weighted by Crippen LogP contribution is -2.31. The van der Waals surface area contributed by atoms with Crippen LogP contribution in [0.4, 0.5) is 5.95 Å². The number of nitrogens with zero attached hydrogens (tertiary/aromatic N) is 2. The number of nitrogens with one attached hydrogen (secondary N) is 2. The summed E-state index contributed by atoms with van der Waals surface area (Å²) in [6.45, 7) is 7.19. The number of anilines is 1. The number of hydrogen-bond donors (Lipinski definition) is 2. The van der Waals surface area contributed by atoms with Crippen LogP contribution < -0.4 is 10.6 Å². The van der Waals surface area contributed by atoms with Crippen LogP contribution in [-0.4, -0.2) is 41.2 Å². The van der Waals surface area contributed by atoms with Gasteiger partial charge in [-0.2, -0.15) is 0 Å². The maximum absolute atomic E-state index is 12.0. The Bertz CT molecular complexity index is 470. The van der Waals surface area contributed by atoms with Crippen LogP contribution in [0.25, 0.3) is 0 Å². The summed E-state index contributed by atoms with van der Waals surface area (Å²) in [7, 11) is 0. The van der Waals surface area contributed by atoms with Crippen LogP contribution in [0.5, 0.6) is 0 Å². The molecule has 1 aromatic rings. The highest BCUT2D eigenvalue weighted by atomic mass is 16.5. The van der Waals surface area contributed by atoms with Crippen molar-refractivity contribution >= 4 is 11.9 Å². The van der Waals surface area contributed by atoms with Crippen molar-refractivity contribution in [2.75, 3.05) is 18.5 Å². The predicted molar refractivity (Wildman–Crippen MR) is 76.8 cm³/mol. The van der Waals surface area contributed by atoms with E-state index in [0.717, 1.165) is 25.1 Å². The molecule has 2 rings (SSSR count). The molecule has 0 aliphatic carbocycles. The number of carbonyl (C=O) groups is 1. The number of hydrogen-bond acceptors (Lipinski definition) is 5. The zero-order valence-corrected chi connectivity index (χ0v) is 12.3. The average molecular weight is 278 g/mol. The van der Waals surface area contributed by atoms with Crippen molar-refractivity contribution in [3.8, 4) is 0 Å². The van der Waals surface area contributed by atoms with Gasteiger partial charge in [0.25, 0.3) is 5.91 Å². The van der Waals surface area contributed by atoms with Crippen molar-refractivity contribution in [2.24, 2.45) is 0 Å². The Morgan fingerprint density at radius 3 is 2.95 bits per heavy atom. The van der Waals surface area contributed by atoms with Gasteiger partial charge in [-0.05, 0) is 39.7 Å². The fourth-order valence-corrected chi connectivity index (χ4v) is 2.11. The van der Waals surface area contributed by atoms with Gasteiger partial charge in [-0.25, -0.2) is 9.97 Å². The second-order valence-electron chi connectivity index (χ2n) is 5.36. The number of amides is 1. The van der Waals surface area contributed by atoms with Crippen LogP contribution in [0.2, 0.25) is 0 Å². The molecule has 0 spiro atoms. The van der Waals surface area contributed by atoms with E-state index in [4.69, 9.17) is 4.74 Å². The molecule has 6 heteroatoms. The van der Waals surface area contributed by atoms with Gasteiger partial charge in [0.2, 0.25) is 5.95 Å². The Morgan fingerprint density at radius 2 is 2.30 bits per heavy atom. The normalized spacial score (nSPS) is 18.3. The minimum absolute atomic E-state index is 0.0843. The van der Waals surface area contributed by atoms with Gasteiger partial charge in [-0.15, -0.1) is 0 Å². The third-order valence-electron chi connectivity index (χ3n) is 3.02. The molecule has 6 nitrogen and oxygen atoms in total. The van der Waals surface area contributed by atoms with E-state index in [1.165, 1.54) is 0 Å². The summed E-state index contributed by atoms with van der Waals surface area (Å²) in [4.78, 5) is 20.5. The summed E-state index contributed by atoms with van der Waals surface area (Å²) in [5.41, 5.74) is 1.16. The highest BCUT2D eigenvalue weighted by molar-refractivity contribution is 5.92. The first-order valence-corrected chi connectivity index (χ1v) is 7.06. The maximum Gasteiger partial charge on any atom is 0.270 e. The molecule has 1 aromatic heterocycles. The number of rotatable bonds is 5. The Balaban J connectivity index is 2.01. The Labute approximate surface area is 119 Å². The zero-order chi connectivity index (χ0) is 14.5. The highest BCUT2D eigenvalue weighted by Gasteiger charge is 2.16. The monoisotopic (exact) mass is 278 g/mol. The standard InChI is InChI=1S/C14H22N4O2/c1-9(2)16-13(19)12-7-10(3)17-14(18-12)15-8-11-5-4-6-20-11/h7,9,11H,4-6,8H2,1-3H3,(H,16,19)(H,15,17,18). The van der Waals surface area contributed by atoms with Crippen molar-refractivity contribution in [1.82, 2.24) is 15.3 Å². The molecule has 110 valence electrons. The molecule has 1 fully saturated rings. The molecule has 1 unspecified atom stereocenters. The first-order valence-electron chi connectivity index (χ1n) is 7.06. The van der Waals surface area contributed by atoms with Gasteiger partial charge in [-0.3, -0.25) is 4.79 Å². The van der Waals surface area contributed by atoms with Crippen LogP contribution in [0, 0.1) is 6.92 Å². The molecule has 1 aliphatic heterocycles. The molecule has 0 bridgehead atoms. The molecule has 2 N–H and O–H groups in total. The lowest BCUT2D eigenvalue weighted by atomic mass is 10.2. The van der Waals surface area contributed by atoms with Gasteiger partial charge in [0.15, 0.2) is 0 Å². The number of carbonyl (C=O) groups excluding carboxylic acids is 1. The molecule has 0 saturated carbocycles. The van der Waals surface area contributed by atoms with Crippen molar-refractivity contribution in [3.63, 3.8) is 0 Å². The first-order chi connectivity index (χ1) is 9.54. The van der Waals surface area contributed by atoms with E-state index in [-0.39, 0.29) is 18.1 Å². The minimum Gasteiger partial charge on any atom is -0.376 e. The Morgan fingerprint density at radius 1 is 1.50 bits per heavy atom. The predicted octanol–water partition coefficient (Wildman–Crippen LogP) is 1.51. The van der Waals surface area contributed by atoms with Gasteiger partial charge < -0.3 is 15.4 Å². The van der Waals surface area contributed by atoms with E-state index in [2.05, 4.69) is 20.6 Å². The molecule has 1 amide bonds. The average Bonchev–Trinajstić information content (AvgIpc) is 2.88. The lowest BCUT2D eigenvalue weighted by Gasteiger charge is -2.12. The fraction of sp³-hybridized carbons (Fsp3) is 0.643. The lowest BCUT2D eigenvalue weighted by molar-refractivity contribution is 0.0938.